The molecule has 0 aromatic heterocycles. The lowest BCUT2D eigenvalue weighted by atomic mass is 9.85. The number of nitrogens with one attached hydrogen (secondary N) is 1. The smallest absolute Gasteiger partial charge is 0.161 e. The largest absolute Gasteiger partial charge is 0.490 e. The molecule has 2 N–H and O–H groups in total. The van der Waals surface area contributed by atoms with E-state index in [9.17, 15) is 5.11 Å². The molecule has 2 aliphatic rings. The van der Waals surface area contributed by atoms with Crippen LogP contribution in [0.4, 0.5) is 0 Å². The molecule has 3 atom stereocenters. The van der Waals surface area contributed by atoms with Crippen molar-refractivity contribution < 1.29 is 14.6 Å². The van der Waals surface area contributed by atoms with Crippen LogP contribution in [0.2, 0.25) is 0 Å². The van der Waals surface area contributed by atoms with Crippen LogP contribution in [-0.4, -0.2) is 31.0 Å². The summed E-state index contributed by atoms with van der Waals surface area (Å²) in [4.78, 5) is 0. The van der Waals surface area contributed by atoms with Crippen molar-refractivity contribution in [2.24, 2.45) is 5.41 Å². The average molecular weight is 305 g/mol. The molecule has 3 unspecified atom stereocenters. The number of benzene rings is 1. The van der Waals surface area contributed by atoms with Crippen LogP contribution in [-0.2, 0) is 0 Å². The topological polar surface area (TPSA) is 50.7 Å². The number of hydrogen-bond acceptors (Lipinski definition) is 4. The van der Waals surface area contributed by atoms with Gasteiger partial charge in [0.25, 0.3) is 0 Å². The second-order valence-corrected chi connectivity index (χ2v) is 6.90. The van der Waals surface area contributed by atoms with Crippen LogP contribution in [0.1, 0.15) is 51.1 Å². The fraction of sp³-hybridized carbons (Fsp3) is 0.667. The molecule has 0 amide bonds. The fourth-order valence-electron chi connectivity index (χ4n) is 3.55. The molecule has 1 aliphatic heterocycles. The third kappa shape index (κ3) is 3.08. The number of fused-ring (bicyclic) bond motifs is 1. The van der Waals surface area contributed by atoms with E-state index in [0.29, 0.717) is 12.6 Å². The summed E-state index contributed by atoms with van der Waals surface area (Å²) in [6.45, 7) is 6.03. The maximum Gasteiger partial charge on any atom is 0.161 e. The second kappa shape index (κ2) is 6.47. The molecule has 0 bridgehead atoms. The van der Waals surface area contributed by atoms with E-state index in [0.717, 1.165) is 37.4 Å². The Morgan fingerprint density at radius 1 is 1.27 bits per heavy atom. The van der Waals surface area contributed by atoms with Crippen LogP contribution in [0.3, 0.4) is 0 Å². The normalized spacial score (nSPS) is 29.1. The maximum atomic E-state index is 9.69. The Labute approximate surface area is 132 Å². The van der Waals surface area contributed by atoms with Gasteiger partial charge in [0.05, 0.1) is 13.2 Å². The van der Waals surface area contributed by atoms with Crippen molar-refractivity contribution in [3.05, 3.63) is 23.8 Å². The number of rotatable bonds is 4. The summed E-state index contributed by atoms with van der Waals surface area (Å²) in [5.74, 6) is 1.69. The van der Waals surface area contributed by atoms with Crippen LogP contribution in [0.5, 0.6) is 11.5 Å². The summed E-state index contributed by atoms with van der Waals surface area (Å²) in [5, 5.41) is 13.4. The third-order valence-electron chi connectivity index (χ3n) is 5.17. The molecular formula is C18H27NO3. The zero-order valence-corrected chi connectivity index (χ0v) is 13.6. The van der Waals surface area contributed by atoms with E-state index in [2.05, 4.69) is 31.3 Å². The first kappa shape index (κ1) is 15.6. The predicted molar refractivity (Wildman–Crippen MR) is 86.4 cm³/mol. The van der Waals surface area contributed by atoms with Gasteiger partial charge in [-0.25, -0.2) is 0 Å². The Morgan fingerprint density at radius 3 is 2.82 bits per heavy atom. The Morgan fingerprint density at radius 2 is 2.05 bits per heavy atom. The van der Waals surface area contributed by atoms with Crippen molar-refractivity contribution in [3.63, 3.8) is 0 Å². The molecule has 0 radical (unpaired) electrons. The van der Waals surface area contributed by atoms with Crippen molar-refractivity contribution >= 4 is 0 Å². The molecule has 1 heterocycles. The summed E-state index contributed by atoms with van der Waals surface area (Å²) in [5.41, 5.74) is 1.20. The van der Waals surface area contributed by atoms with Gasteiger partial charge in [-0.2, -0.15) is 0 Å². The molecule has 1 fully saturated rings. The summed E-state index contributed by atoms with van der Waals surface area (Å²) in [6, 6.07) is 6.79. The van der Waals surface area contributed by atoms with Gasteiger partial charge in [0.1, 0.15) is 0 Å². The van der Waals surface area contributed by atoms with Gasteiger partial charge in [-0.1, -0.05) is 19.4 Å². The van der Waals surface area contributed by atoms with E-state index >= 15 is 0 Å². The molecule has 3 rings (SSSR count). The molecular weight excluding hydrogens is 278 g/mol. The Kier molecular flexibility index (Phi) is 4.59. The van der Waals surface area contributed by atoms with Gasteiger partial charge in [-0.15, -0.1) is 0 Å². The van der Waals surface area contributed by atoms with E-state index in [1.54, 1.807) is 0 Å². The third-order valence-corrected chi connectivity index (χ3v) is 5.17. The Bertz CT molecular complexity index is 519. The standard InChI is InChI=1S/C18H27NO3/c1-13(19-17-5-3-8-18(17,2)12-20)14-6-7-15-16(11-14)22-10-4-9-21-15/h6-7,11,13,17,19-20H,3-5,8-10,12H2,1-2H3. The molecule has 1 aromatic carbocycles. The maximum absolute atomic E-state index is 9.69. The first-order valence-electron chi connectivity index (χ1n) is 8.39. The molecule has 4 nitrogen and oxygen atoms in total. The van der Waals surface area contributed by atoms with Crippen molar-refractivity contribution in [2.75, 3.05) is 19.8 Å². The minimum absolute atomic E-state index is 0.000438. The van der Waals surface area contributed by atoms with Crippen molar-refractivity contribution in [1.29, 1.82) is 0 Å². The van der Waals surface area contributed by atoms with E-state index in [1.807, 2.05) is 6.07 Å². The summed E-state index contributed by atoms with van der Waals surface area (Å²) in [7, 11) is 0. The molecule has 0 saturated heterocycles. The molecule has 22 heavy (non-hydrogen) atoms. The molecule has 122 valence electrons. The van der Waals surface area contributed by atoms with Gasteiger partial charge in [0, 0.05) is 30.5 Å². The highest BCUT2D eigenvalue weighted by Gasteiger charge is 2.38. The molecule has 1 aromatic rings. The lowest BCUT2D eigenvalue weighted by molar-refractivity contribution is 0.114. The zero-order chi connectivity index (χ0) is 15.6. The highest BCUT2D eigenvalue weighted by atomic mass is 16.5. The Balaban J connectivity index is 1.72. The van der Waals surface area contributed by atoms with Crippen molar-refractivity contribution in [2.45, 2.75) is 51.6 Å². The van der Waals surface area contributed by atoms with Crippen LogP contribution < -0.4 is 14.8 Å². The van der Waals surface area contributed by atoms with Gasteiger partial charge < -0.3 is 19.9 Å². The second-order valence-electron chi connectivity index (χ2n) is 6.90. The van der Waals surface area contributed by atoms with E-state index in [4.69, 9.17) is 9.47 Å². The zero-order valence-electron chi connectivity index (χ0n) is 13.6. The van der Waals surface area contributed by atoms with Crippen molar-refractivity contribution in [3.8, 4) is 11.5 Å². The van der Waals surface area contributed by atoms with E-state index in [-0.39, 0.29) is 18.1 Å². The Hall–Kier alpha value is -1.26. The van der Waals surface area contributed by atoms with E-state index in [1.165, 1.54) is 12.0 Å². The lowest BCUT2D eigenvalue weighted by Crippen LogP contribution is -2.42. The molecule has 1 saturated carbocycles. The van der Waals surface area contributed by atoms with Crippen LogP contribution in [0.25, 0.3) is 0 Å². The average Bonchev–Trinajstić information content (AvgIpc) is 2.75. The summed E-state index contributed by atoms with van der Waals surface area (Å²) in [6.07, 6.45) is 4.33. The highest BCUT2D eigenvalue weighted by molar-refractivity contribution is 5.44. The van der Waals surface area contributed by atoms with Crippen molar-refractivity contribution in [1.82, 2.24) is 5.32 Å². The monoisotopic (exact) mass is 305 g/mol. The minimum Gasteiger partial charge on any atom is -0.490 e. The molecule has 4 heteroatoms. The van der Waals surface area contributed by atoms with Gasteiger partial charge in [-0.05, 0) is 37.5 Å². The SMILES string of the molecule is CC(NC1CCCC1(C)CO)c1ccc2c(c1)OCCCO2. The van der Waals surface area contributed by atoms with Gasteiger partial charge >= 0.3 is 0 Å². The lowest BCUT2D eigenvalue weighted by Gasteiger charge is -2.33. The number of hydrogen-bond donors (Lipinski definition) is 2. The van der Waals surface area contributed by atoms with E-state index < -0.39 is 0 Å². The first-order valence-corrected chi connectivity index (χ1v) is 8.39. The quantitative estimate of drug-likeness (QED) is 0.897. The first-order chi connectivity index (χ1) is 10.6. The number of aliphatic hydroxyl groups excluding tert-OH is 1. The molecule has 0 spiro atoms. The fourth-order valence-corrected chi connectivity index (χ4v) is 3.55. The number of ether oxygens (including phenoxy) is 2. The van der Waals surface area contributed by atoms with Gasteiger partial charge in [-0.3, -0.25) is 0 Å². The van der Waals surface area contributed by atoms with Gasteiger partial charge in [0.2, 0.25) is 0 Å². The minimum atomic E-state index is -0.000438. The number of aliphatic hydroxyl groups is 1. The molecule has 1 aliphatic carbocycles. The highest BCUT2D eigenvalue weighted by Crippen LogP contribution is 2.39. The van der Waals surface area contributed by atoms with Crippen LogP contribution >= 0.6 is 0 Å². The summed E-state index contributed by atoms with van der Waals surface area (Å²) >= 11 is 0. The predicted octanol–water partition coefficient (Wildman–Crippen LogP) is 3.05. The van der Waals surface area contributed by atoms with Crippen LogP contribution in [0, 0.1) is 5.41 Å². The van der Waals surface area contributed by atoms with Gasteiger partial charge in [0.15, 0.2) is 11.5 Å². The summed E-state index contributed by atoms with van der Waals surface area (Å²) < 4.78 is 11.5. The van der Waals surface area contributed by atoms with Crippen LogP contribution in [0.15, 0.2) is 18.2 Å².